The first-order valence-electron chi connectivity index (χ1n) is 18.0. The van der Waals surface area contributed by atoms with E-state index in [1.165, 1.54) is 0 Å². The van der Waals surface area contributed by atoms with Crippen LogP contribution in [0.2, 0.25) is 0 Å². The molecule has 0 saturated carbocycles. The first-order valence-corrected chi connectivity index (χ1v) is 18.0. The minimum atomic E-state index is -1.14. The zero-order valence-electron chi connectivity index (χ0n) is 32.4. The summed E-state index contributed by atoms with van der Waals surface area (Å²) < 4.78 is 16.7. The molecule has 3 N–H and O–H groups in total. The monoisotopic (exact) mass is 740 g/mol. The molecular weight excluding hydrogens is 680 g/mol. The van der Waals surface area contributed by atoms with Crippen LogP contribution in [0.5, 0.6) is 0 Å². The van der Waals surface area contributed by atoms with Crippen molar-refractivity contribution in [1.82, 2.24) is 21.0 Å². The van der Waals surface area contributed by atoms with Crippen LogP contribution in [0.4, 0.5) is 4.79 Å². The van der Waals surface area contributed by atoms with Gasteiger partial charge in [0, 0.05) is 38.5 Å². The molecule has 52 heavy (non-hydrogen) atoms. The molecule has 6 amide bonds. The van der Waals surface area contributed by atoms with Crippen LogP contribution in [-0.4, -0.2) is 88.1 Å². The Morgan fingerprint density at radius 3 is 1.71 bits per heavy atom. The lowest BCUT2D eigenvalue weighted by atomic mass is 10.1. The minimum absolute atomic E-state index is 0.0155. The van der Waals surface area contributed by atoms with E-state index in [9.17, 15) is 38.4 Å². The van der Waals surface area contributed by atoms with Crippen molar-refractivity contribution in [1.29, 1.82) is 0 Å². The quantitative estimate of drug-likeness (QED) is 0.0916. The smallest absolute Gasteiger partial charge is 0.333 e. The summed E-state index contributed by atoms with van der Waals surface area (Å²) >= 11 is 0. The molecule has 1 aliphatic rings. The minimum Gasteiger partial charge on any atom is -0.460 e. The highest BCUT2D eigenvalue weighted by Crippen LogP contribution is 2.16. The number of carbonyl (C=O) groups is 8. The van der Waals surface area contributed by atoms with E-state index in [1.54, 1.807) is 41.5 Å². The predicted octanol–water partition coefficient (Wildman–Crippen LogP) is 4.06. The molecule has 0 aromatic carbocycles. The number of amides is 6. The topological polar surface area (TPSA) is 213 Å². The van der Waals surface area contributed by atoms with Gasteiger partial charge < -0.3 is 29.7 Å². The second-order valence-corrected chi connectivity index (χ2v) is 15.8. The largest absolute Gasteiger partial charge is 0.460 e. The number of unbranched alkanes of at least 4 members (excludes halogenated alkanes) is 3. The van der Waals surface area contributed by atoms with Crippen molar-refractivity contribution >= 4 is 47.6 Å². The number of hydroxylamine groups is 2. The molecule has 16 nitrogen and oxygen atoms in total. The Hall–Kier alpha value is -4.08. The summed E-state index contributed by atoms with van der Waals surface area (Å²) in [6.07, 6.45) is 2.85. The van der Waals surface area contributed by atoms with Gasteiger partial charge in [0.15, 0.2) is 0 Å². The van der Waals surface area contributed by atoms with Gasteiger partial charge in [-0.15, -0.1) is 5.06 Å². The molecule has 0 aliphatic carbocycles. The summed E-state index contributed by atoms with van der Waals surface area (Å²) in [7, 11) is 0. The van der Waals surface area contributed by atoms with E-state index in [0.717, 1.165) is 0 Å². The zero-order chi connectivity index (χ0) is 39.7. The van der Waals surface area contributed by atoms with Crippen LogP contribution >= 0.6 is 0 Å². The fraction of sp³-hybridized carbons (Fsp3) is 0.778. The van der Waals surface area contributed by atoms with E-state index < -0.39 is 76.5 Å². The van der Waals surface area contributed by atoms with Crippen LogP contribution in [-0.2, 0) is 52.6 Å². The van der Waals surface area contributed by atoms with E-state index in [2.05, 4.69) is 16.0 Å². The summed E-state index contributed by atoms with van der Waals surface area (Å²) in [4.78, 5) is 103. The summed E-state index contributed by atoms with van der Waals surface area (Å²) in [6, 6.07) is -2.37. The van der Waals surface area contributed by atoms with Crippen molar-refractivity contribution in [3.8, 4) is 0 Å². The Morgan fingerprint density at radius 1 is 0.635 bits per heavy atom. The number of hydrogen-bond donors (Lipinski definition) is 3. The summed E-state index contributed by atoms with van der Waals surface area (Å²) in [6.45, 7) is 15.9. The van der Waals surface area contributed by atoms with Crippen molar-refractivity contribution < 1.29 is 57.4 Å². The van der Waals surface area contributed by atoms with Gasteiger partial charge in [-0.05, 0) is 94.4 Å². The van der Waals surface area contributed by atoms with Gasteiger partial charge in [0.25, 0.3) is 11.8 Å². The molecule has 1 heterocycles. The van der Waals surface area contributed by atoms with Crippen molar-refractivity contribution in [3.63, 3.8) is 0 Å². The average molecular weight is 741 g/mol. The number of esters is 2. The molecular formula is C36H60N4O12. The molecule has 0 bridgehead atoms. The van der Waals surface area contributed by atoms with Gasteiger partial charge in [0.05, 0.1) is 18.2 Å². The first-order chi connectivity index (χ1) is 23.9. The Kier molecular flexibility index (Phi) is 18.9. The number of nitrogens with one attached hydrogen (secondary N) is 3. The number of imide groups is 2. The average Bonchev–Trinajstić information content (AvgIpc) is 3.29. The van der Waals surface area contributed by atoms with Crippen LogP contribution in [0.15, 0.2) is 0 Å². The van der Waals surface area contributed by atoms with Crippen molar-refractivity contribution in [2.45, 2.75) is 175 Å². The lowest BCUT2D eigenvalue weighted by Crippen LogP contribution is -2.51. The normalized spacial score (nSPS) is 14.7. The molecule has 1 saturated heterocycles. The molecule has 16 heteroatoms. The number of hydrogen-bond acceptors (Lipinski definition) is 12. The fourth-order valence-corrected chi connectivity index (χ4v) is 4.71. The van der Waals surface area contributed by atoms with Crippen molar-refractivity contribution in [3.05, 3.63) is 0 Å². The van der Waals surface area contributed by atoms with Gasteiger partial charge in [-0.2, -0.15) is 0 Å². The third-order valence-electron chi connectivity index (χ3n) is 7.08. The second-order valence-electron chi connectivity index (χ2n) is 15.8. The van der Waals surface area contributed by atoms with Crippen molar-refractivity contribution in [2.75, 3.05) is 6.61 Å². The third-order valence-corrected chi connectivity index (χ3v) is 7.08. The van der Waals surface area contributed by atoms with Gasteiger partial charge in [-0.1, -0.05) is 12.8 Å². The maximum absolute atomic E-state index is 13.1. The summed E-state index contributed by atoms with van der Waals surface area (Å²) in [5.41, 5.74) is -2.06. The van der Waals surface area contributed by atoms with E-state index in [0.29, 0.717) is 43.6 Å². The molecule has 296 valence electrons. The van der Waals surface area contributed by atoms with Gasteiger partial charge in [-0.3, -0.25) is 29.3 Å². The molecule has 0 spiro atoms. The number of nitrogens with zero attached hydrogens (tertiary/aromatic N) is 1. The SMILES string of the molecule is CC(C)(C)OC[C@H](CCCC(=O)NC(=O)CCCCCCC(=O)ON1C(=O)CCC1=O)NC(=O)N[C@@H](CCC(=O)OC(C)(C)C)C(=O)OC(C)(C)C. The third kappa shape index (κ3) is 22.0. The lowest BCUT2D eigenvalue weighted by Gasteiger charge is -2.27. The van der Waals surface area contributed by atoms with Gasteiger partial charge >= 0.3 is 23.9 Å². The van der Waals surface area contributed by atoms with Crippen LogP contribution in [0, 0.1) is 0 Å². The standard InChI is InChI=1S/C36H60N4O12/c1-34(2,3)49-23-24(37-33(48)38-25(32(47)51-36(7,8)9)19-22-30(45)50-35(4,5)6)15-14-17-27(42)39-26(41)16-12-10-11-13-18-31(46)52-40-28(43)20-21-29(40)44/h24-25H,10-23H2,1-9H3,(H2,37,38,48)(H,39,41,42)/t24-,25-/m0/s1. The Labute approximate surface area is 307 Å². The molecule has 1 rings (SSSR count). The highest BCUT2D eigenvalue weighted by molar-refractivity contribution is 6.01. The first kappa shape index (κ1) is 45.9. The number of carbonyl (C=O) groups excluding carboxylic acids is 8. The summed E-state index contributed by atoms with van der Waals surface area (Å²) in [5.74, 6) is -3.87. The van der Waals surface area contributed by atoms with Crippen LogP contribution < -0.4 is 16.0 Å². The lowest BCUT2D eigenvalue weighted by molar-refractivity contribution is -0.197. The highest BCUT2D eigenvalue weighted by Gasteiger charge is 2.33. The van der Waals surface area contributed by atoms with Gasteiger partial charge in [0.1, 0.15) is 17.2 Å². The van der Waals surface area contributed by atoms with Crippen LogP contribution in [0.3, 0.4) is 0 Å². The van der Waals surface area contributed by atoms with Crippen molar-refractivity contribution in [2.24, 2.45) is 0 Å². The van der Waals surface area contributed by atoms with E-state index in [-0.39, 0.29) is 51.6 Å². The number of rotatable bonds is 20. The second kappa shape index (κ2) is 21.4. The van der Waals surface area contributed by atoms with Gasteiger partial charge in [0.2, 0.25) is 11.8 Å². The zero-order valence-corrected chi connectivity index (χ0v) is 32.4. The Balaban J connectivity index is 2.56. The maximum atomic E-state index is 13.1. The molecule has 2 atom stereocenters. The number of ether oxygens (including phenoxy) is 3. The fourth-order valence-electron chi connectivity index (χ4n) is 4.71. The molecule has 1 fully saturated rings. The maximum Gasteiger partial charge on any atom is 0.333 e. The molecule has 0 radical (unpaired) electrons. The Bertz CT molecular complexity index is 1250. The van der Waals surface area contributed by atoms with Gasteiger partial charge in [-0.25, -0.2) is 14.4 Å². The highest BCUT2D eigenvalue weighted by atomic mass is 16.7. The number of urea groups is 1. The van der Waals surface area contributed by atoms with E-state index in [1.807, 2.05) is 20.8 Å². The van der Waals surface area contributed by atoms with Crippen LogP contribution in [0.1, 0.15) is 146 Å². The summed E-state index contributed by atoms with van der Waals surface area (Å²) in [5, 5.41) is 8.27. The van der Waals surface area contributed by atoms with E-state index >= 15 is 0 Å². The molecule has 0 aromatic heterocycles. The molecule has 0 aromatic rings. The molecule has 0 unspecified atom stereocenters. The molecule has 1 aliphatic heterocycles. The van der Waals surface area contributed by atoms with E-state index in [4.69, 9.17) is 19.0 Å². The predicted molar refractivity (Wildman–Crippen MR) is 188 cm³/mol. The van der Waals surface area contributed by atoms with Crippen LogP contribution in [0.25, 0.3) is 0 Å². The Morgan fingerprint density at radius 2 is 1.17 bits per heavy atom.